The van der Waals surface area contributed by atoms with Crippen LogP contribution < -0.4 is 5.32 Å². The number of fused-ring (bicyclic) bond motifs is 1. The first kappa shape index (κ1) is 15.6. The van der Waals surface area contributed by atoms with E-state index in [0.29, 0.717) is 16.3 Å². The van der Waals surface area contributed by atoms with Gasteiger partial charge in [-0.25, -0.2) is 9.37 Å². The SMILES string of the molecule is Cc1ccc2c(C(O)=S)c(Nc3ccc(I)cc3F)sc2n1. The van der Waals surface area contributed by atoms with E-state index >= 15 is 0 Å². The maximum atomic E-state index is 14.0. The van der Waals surface area contributed by atoms with E-state index in [2.05, 4.69) is 10.3 Å². The Hall–Kier alpha value is -1.32. The van der Waals surface area contributed by atoms with Crippen LogP contribution in [-0.2, 0) is 0 Å². The molecule has 3 nitrogen and oxygen atoms in total. The van der Waals surface area contributed by atoms with Crippen LogP contribution in [0.3, 0.4) is 0 Å². The third-order valence-corrected chi connectivity index (χ3v) is 4.98. The molecule has 2 aromatic heterocycles. The van der Waals surface area contributed by atoms with E-state index < -0.39 is 0 Å². The van der Waals surface area contributed by atoms with Gasteiger partial charge in [-0.05, 0) is 72.1 Å². The molecule has 0 bridgehead atoms. The van der Waals surface area contributed by atoms with Crippen molar-refractivity contribution in [3.8, 4) is 0 Å². The van der Waals surface area contributed by atoms with E-state index in [9.17, 15) is 9.50 Å². The molecule has 7 heteroatoms. The van der Waals surface area contributed by atoms with Crippen LogP contribution in [-0.4, -0.2) is 15.1 Å². The standard InChI is InChI=1S/C15H10FIN2OS2/c1-7-2-4-9-12(15(20)21)14(22-13(9)18-7)19-11-5-3-8(17)6-10(11)16/h2-6,19H,1H3,(H,20,21). The molecular weight excluding hydrogens is 434 g/mol. The smallest absolute Gasteiger partial charge is 0.192 e. The molecule has 0 radical (unpaired) electrons. The van der Waals surface area contributed by atoms with Gasteiger partial charge in [0.1, 0.15) is 15.6 Å². The lowest BCUT2D eigenvalue weighted by atomic mass is 10.2. The summed E-state index contributed by atoms with van der Waals surface area (Å²) in [7, 11) is 0. The fourth-order valence-electron chi connectivity index (χ4n) is 2.08. The van der Waals surface area contributed by atoms with Crippen molar-refractivity contribution in [3.63, 3.8) is 0 Å². The fourth-order valence-corrected chi connectivity index (χ4v) is 3.95. The first-order chi connectivity index (χ1) is 10.5. The van der Waals surface area contributed by atoms with Crippen molar-refractivity contribution in [1.29, 1.82) is 0 Å². The second kappa shape index (κ2) is 6.05. The number of hydrogen-bond donors (Lipinski definition) is 2. The Morgan fingerprint density at radius 1 is 1.36 bits per heavy atom. The van der Waals surface area contributed by atoms with Crippen LogP contribution in [0.4, 0.5) is 15.1 Å². The zero-order valence-electron chi connectivity index (χ0n) is 11.4. The molecule has 2 N–H and O–H groups in total. The predicted octanol–water partition coefficient (Wildman–Crippen LogP) is 5.33. The quantitative estimate of drug-likeness (QED) is 0.424. The second-order valence-corrected chi connectivity index (χ2v) is 7.30. The Bertz CT molecular complexity index is 895. The highest BCUT2D eigenvalue weighted by molar-refractivity contribution is 14.1. The molecule has 0 saturated heterocycles. The number of thiocarbonyl (C=S) groups is 1. The van der Waals surface area contributed by atoms with E-state index in [0.717, 1.165) is 19.5 Å². The molecule has 2 heterocycles. The largest absolute Gasteiger partial charge is 0.498 e. The Morgan fingerprint density at radius 2 is 2.14 bits per heavy atom. The minimum atomic E-state index is -0.358. The van der Waals surface area contributed by atoms with Gasteiger partial charge in [0.15, 0.2) is 5.05 Å². The molecular formula is C15H10FIN2OS2. The summed E-state index contributed by atoms with van der Waals surface area (Å²) in [5, 5.41) is 14.0. The number of anilines is 2. The molecule has 3 rings (SSSR count). The maximum absolute atomic E-state index is 14.0. The Balaban J connectivity index is 2.13. The predicted molar refractivity (Wildman–Crippen MR) is 101 cm³/mol. The highest BCUT2D eigenvalue weighted by Crippen LogP contribution is 2.37. The van der Waals surface area contributed by atoms with Crippen molar-refractivity contribution in [3.05, 3.63) is 51.0 Å². The third kappa shape index (κ3) is 2.92. The van der Waals surface area contributed by atoms with E-state index in [1.54, 1.807) is 12.1 Å². The van der Waals surface area contributed by atoms with Crippen LogP contribution in [0.5, 0.6) is 0 Å². The molecule has 0 fully saturated rings. The maximum Gasteiger partial charge on any atom is 0.192 e. The lowest BCUT2D eigenvalue weighted by Crippen LogP contribution is -2.00. The number of nitrogens with one attached hydrogen (secondary N) is 1. The molecule has 0 amide bonds. The van der Waals surface area contributed by atoms with Gasteiger partial charge in [0.2, 0.25) is 0 Å². The zero-order valence-corrected chi connectivity index (χ0v) is 15.1. The molecule has 0 aliphatic carbocycles. The number of halogens is 2. The van der Waals surface area contributed by atoms with Gasteiger partial charge in [-0.15, -0.1) is 0 Å². The summed E-state index contributed by atoms with van der Waals surface area (Å²) >= 11 is 8.32. The molecule has 0 aliphatic heterocycles. The van der Waals surface area contributed by atoms with Crippen LogP contribution in [0.25, 0.3) is 10.2 Å². The topological polar surface area (TPSA) is 45.1 Å². The van der Waals surface area contributed by atoms with Crippen molar-refractivity contribution in [2.45, 2.75) is 6.92 Å². The first-order valence-electron chi connectivity index (χ1n) is 6.31. The normalized spacial score (nSPS) is 10.9. The summed E-state index contributed by atoms with van der Waals surface area (Å²) < 4.78 is 14.8. The van der Waals surface area contributed by atoms with E-state index in [-0.39, 0.29) is 10.9 Å². The van der Waals surface area contributed by atoms with Crippen LogP contribution in [0.1, 0.15) is 11.3 Å². The number of aryl methyl sites for hydroxylation is 1. The third-order valence-electron chi connectivity index (χ3n) is 3.09. The number of benzene rings is 1. The number of rotatable bonds is 3. The molecule has 112 valence electrons. The molecule has 0 atom stereocenters. The van der Waals surface area contributed by atoms with Gasteiger partial charge in [0.25, 0.3) is 0 Å². The minimum Gasteiger partial charge on any atom is -0.498 e. The monoisotopic (exact) mass is 444 g/mol. The van der Waals surface area contributed by atoms with Crippen molar-refractivity contribution in [2.75, 3.05) is 5.32 Å². The van der Waals surface area contributed by atoms with Gasteiger partial charge in [0.05, 0.1) is 11.3 Å². The number of hydrogen-bond acceptors (Lipinski definition) is 4. The highest BCUT2D eigenvalue weighted by atomic mass is 127. The summed E-state index contributed by atoms with van der Waals surface area (Å²) in [6, 6.07) is 8.62. The lowest BCUT2D eigenvalue weighted by molar-refractivity contribution is 0.572. The summed E-state index contributed by atoms with van der Waals surface area (Å²) in [5.74, 6) is -0.358. The van der Waals surface area contributed by atoms with Gasteiger partial charge in [-0.2, -0.15) is 0 Å². The van der Waals surface area contributed by atoms with Gasteiger partial charge >= 0.3 is 0 Å². The van der Waals surface area contributed by atoms with Gasteiger partial charge in [-0.3, -0.25) is 0 Å². The Kier molecular flexibility index (Phi) is 4.28. The molecule has 0 unspecified atom stereocenters. The lowest BCUT2D eigenvalue weighted by Gasteiger charge is -2.07. The number of thiophene rings is 1. The van der Waals surface area contributed by atoms with Crippen LogP contribution >= 0.6 is 46.1 Å². The van der Waals surface area contributed by atoms with Crippen molar-refractivity contribution < 1.29 is 9.50 Å². The van der Waals surface area contributed by atoms with E-state index in [1.807, 2.05) is 41.6 Å². The summed E-state index contributed by atoms with van der Waals surface area (Å²) in [6.07, 6.45) is 0. The van der Waals surface area contributed by atoms with Crippen molar-refractivity contribution >= 4 is 72.1 Å². The number of pyridine rings is 1. The Labute approximate surface area is 149 Å². The Morgan fingerprint density at radius 3 is 2.82 bits per heavy atom. The van der Waals surface area contributed by atoms with E-state index in [4.69, 9.17) is 12.2 Å². The molecule has 0 spiro atoms. The summed E-state index contributed by atoms with van der Waals surface area (Å²) in [6.45, 7) is 1.89. The first-order valence-corrected chi connectivity index (χ1v) is 8.61. The highest BCUT2D eigenvalue weighted by Gasteiger charge is 2.18. The molecule has 22 heavy (non-hydrogen) atoms. The van der Waals surface area contributed by atoms with Gasteiger partial charge < -0.3 is 10.4 Å². The summed E-state index contributed by atoms with van der Waals surface area (Å²) in [4.78, 5) is 5.18. The zero-order chi connectivity index (χ0) is 15.9. The van der Waals surface area contributed by atoms with Crippen molar-refractivity contribution in [1.82, 2.24) is 4.98 Å². The number of aromatic nitrogens is 1. The second-order valence-electron chi connectivity index (χ2n) is 4.67. The van der Waals surface area contributed by atoms with E-state index in [1.165, 1.54) is 17.4 Å². The van der Waals surface area contributed by atoms with Gasteiger partial charge in [0, 0.05) is 14.7 Å². The molecule has 3 aromatic rings. The van der Waals surface area contributed by atoms with Crippen LogP contribution in [0.15, 0.2) is 30.3 Å². The fraction of sp³-hybridized carbons (Fsp3) is 0.0667. The molecule has 0 saturated carbocycles. The van der Waals surface area contributed by atoms with Crippen molar-refractivity contribution in [2.24, 2.45) is 0 Å². The van der Waals surface area contributed by atoms with Gasteiger partial charge in [-0.1, -0.05) is 11.3 Å². The number of aliphatic hydroxyl groups excluding tert-OH is 1. The molecule has 0 aliphatic rings. The average Bonchev–Trinajstić information content (AvgIpc) is 2.79. The van der Waals surface area contributed by atoms with Crippen LogP contribution in [0, 0.1) is 16.3 Å². The average molecular weight is 444 g/mol. The minimum absolute atomic E-state index is 0.231. The number of nitrogens with zero attached hydrogens (tertiary/aromatic N) is 1. The summed E-state index contributed by atoms with van der Waals surface area (Å²) in [5.41, 5.74) is 1.69. The number of aliphatic hydroxyl groups is 1. The van der Waals surface area contributed by atoms with Crippen LogP contribution in [0.2, 0.25) is 0 Å². The molecule has 1 aromatic carbocycles.